The topological polar surface area (TPSA) is 67.8 Å². The van der Waals surface area contributed by atoms with Gasteiger partial charge in [-0.15, -0.1) is 0 Å². The summed E-state index contributed by atoms with van der Waals surface area (Å²) in [7, 11) is 2.93. The number of nitrogens with one attached hydrogen (secondary N) is 1. The van der Waals surface area contributed by atoms with Gasteiger partial charge in [0, 0.05) is 18.2 Å². The van der Waals surface area contributed by atoms with Crippen LogP contribution < -0.4 is 14.8 Å². The molecule has 18 heavy (non-hydrogen) atoms. The van der Waals surface area contributed by atoms with E-state index in [9.17, 15) is 4.79 Å². The van der Waals surface area contributed by atoms with Crippen molar-refractivity contribution in [3.63, 3.8) is 0 Å². The number of hydrogen-bond acceptors (Lipinski definition) is 4. The Bertz CT molecular complexity index is 481. The van der Waals surface area contributed by atoms with Gasteiger partial charge in [-0.05, 0) is 6.92 Å². The maximum absolute atomic E-state index is 11.5. The van der Waals surface area contributed by atoms with Crippen molar-refractivity contribution in [2.24, 2.45) is 0 Å². The number of ether oxygens (including phenoxy) is 2. The number of halogens is 1. The second-order valence-electron chi connectivity index (χ2n) is 3.46. The molecule has 0 saturated carbocycles. The molecule has 0 aliphatic heterocycles. The predicted octanol–water partition coefficient (Wildman–Crippen LogP) is 2.76. The summed E-state index contributed by atoms with van der Waals surface area (Å²) in [6.07, 6.45) is 1.06. The van der Waals surface area contributed by atoms with E-state index < -0.39 is 5.91 Å². The first kappa shape index (κ1) is 14.2. The number of methoxy groups -OCH3 is 2. The van der Waals surface area contributed by atoms with Gasteiger partial charge in [-0.1, -0.05) is 11.6 Å². The molecule has 0 heterocycles. The van der Waals surface area contributed by atoms with E-state index in [1.165, 1.54) is 27.2 Å². The Morgan fingerprint density at radius 2 is 1.94 bits per heavy atom. The molecule has 0 unspecified atom stereocenters. The number of anilines is 1. The van der Waals surface area contributed by atoms with Crippen molar-refractivity contribution >= 4 is 23.2 Å². The van der Waals surface area contributed by atoms with Gasteiger partial charge in [-0.3, -0.25) is 4.79 Å². The maximum atomic E-state index is 11.5. The smallest absolute Gasteiger partial charge is 0.251 e. The molecule has 1 aromatic carbocycles. The minimum atomic E-state index is -0.474. The largest absolute Gasteiger partial charge is 0.512 e. The number of carbonyl (C=O) groups excluding carboxylic acids is 1. The third-order valence-electron chi connectivity index (χ3n) is 2.07. The molecule has 2 N–H and O–H groups in total. The van der Waals surface area contributed by atoms with Gasteiger partial charge >= 0.3 is 0 Å². The van der Waals surface area contributed by atoms with Gasteiger partial charge in [0.1, 0.15) is 11.5 Å². The second-order valence-corrected chi connectivity index (χ2v) is 3.87. The molecule has 0 spiro atoms. The highest BCUT2D eigenvalue weighted by atomic mass is 35.5. The van der Waals surface area contributed by atoms with Crippen LogP contribution in [0.3, 0.4) is 0 Å². The van der Waals surface area contributed by atoms with Crippen molar-refractivity contribution in [2.45, 2.75) is 6.92 Å². The molecule has 1 amide bonds. The Kier molecular flexibility index (Phi) is 4.85. The zero-order chi connectivity index (χ0) is 13.7. The summed E-state index contributed by atoms with van der Waals surface area (Å²) in [6.45, 7) is 1.40. The molecule has 0 fully saturated rings. The fraction of sp³-hybridized carbons (Fsp3) is 0.250. The van der Waals surface area contributed by atoms with E-state index in [0.717, 1.165) is 6.08 Å². The minimum Gasteiger partial charge on any atom is -0.512 e. The molecule has 1 aromatic rings. The monoisotopic (exact) mass is 271 g/mol. The normalized spacial score (nSPS) is 11.0. The molecule has 0 aromatic heterocycles. The van der Waals surface area contributed by atoms with Crippen LogP contribution in [0.1, 0.15) is 6.92 Å². The average Bonchev–Trinajstić information content (AvgIpc) is 2.29. The summed E-state index contributed by atoms with van der Waals surface area (Å²) in [6, 6.07) is 3.07. The van der Waals surface area contributed by atoms with Crippen molar-refractivity contribution in [3.05, 3.63) is 29.0 Å². The van der Waals surface area contributed by atoms with E-state index >= 15 is 0 Å². The van der Waals surface area contributed by atoms with E-state index in [-0.39, 0.29) is 5.76 Å². The standard InChI is InChI=1S/C12H14ClNO4/c1-7(15)4-12(16)14-9-6-10(17-2)8(13)5-11(9)18-3/h4-6,15H,1-3H3,(H,14,16). The molecule has 0 aliphatic rings. The van der Waals surface area contributed by atoms with Gasteiger partial charge in [-0.25, -0.2) is 0 Å². The first-order valence-corrected chi connectivity index (χ1v) is 5.45. The Morgan fingerprint density at radius 1 is 1.33 bits per heavy atom. The van der Waals surface area contributed by atoms with Crippen LogP contribution in [0.5, 0.6) is 11.5 Å². The van der Waals surface area contributed by atoms with Crippen LogP contribution in [0.15, 0.2) is 24.0 Å². The highest BCUT2D eigenvalue weighted by Gasteiger charge is 2.11. The summed E-state index contributed by atoms with van der Waals surface area (Å²) >= 11 is 5.93. The molecule has 0 radical (unpaired) electrons. The van der Waals surface area contributed by atoms with E-state index in [2.05, 4.69) is 5.32 Å². The van der Waals surface area contributed by atoms with Crippen LogP contribution in [0, 0.1) is 0 Å². The lowest BCUT2D eigenvalue weighted by molar-refractivity contribution is -0.112. The van der Waals surface area contributed by atoms with Gasteiger partial charge < -0.3 is 19.9 Å². The van der Waals surface area contributed by atoms with E-state index in [4.69, 9.17) is 26.2 Å². The molecule has 6 heteroatoms. The fourth-order valence-corrected chi connectivity index (χ4v) is 1.55. The van der Waals surface area contributed by atoms with Crippen LogP contribution in [0.25, 0.3) is 0 Å². The Labute approximate surface area is 110 Å². The highest BCUT2D eigenvalue weighted by molar-refractivity contribution is 6.32. The number of allylic oxidation sites excluding steroid dienone is 1. The molecular weight excluding hydrogens is 258 g/mol. The minimum absolute atomic E-state index is 0.0904. The van der Waals surface area contributed by atoms with Gasteiger partial charge in [0.15, 0.2) is 0 Å². The van der Waals surface area contributed by atoms with Crippen LogP contribution in [-0.4, -0.2) is 25.2 Å². The fourth-order valence-electron chi connectivity index (χ4n) is 1.32. The van der Waals surface area contributed by atoms with Gasteiger partial charge in [0.2, 0.25) is 0 Å². The van der Waals surface area contributed by atoms with Gasteiger partial charge in [-0.2, -0.15) is 0 Å². The number of amides is 1. The molecule has 98 valence electrons. The lowest BCUT2D eigenvalue weighted by Gasteiger charge is -2.12. The molecule has 0 aliphatic carbocycles. The summed E-state index contributed by atoms with van der Waals surface area (Å²) in [5.41, 5.74) is 0.404. The lowest BCUT2D eigenvalue weighted by atomic mass is 10.2. The van der Waals surface area contributed by atoms with Gasteiger partial charge in [0.25, 0.3) is 5.91 Å². The molecule has 0 bridgehead atoms. The van der Waals surface area contributed by atoms with Crippen molar-refractivity contribution < 1.29 is 19.4 Å². The lowest BCUT2D eigenvalue weighted by Crippen LogP contribution is -2.10. The average molecular weight is 272 g/mol. The zero-order valence-electron chi connectivity index (χ0n) is 10.3. The van der Waals surface area contributed by atoms with Crippen molar-refractivity contribution in [3.8, 4) is 11.5 Å². The summed E-state index contributed by atoms with van der Waals surface area (Å²) in [5.74, 6) is 0.251. The number of hydrogen-bond donors (Lipinski definition) is 2. The van der Waals surface area contributed by atoms with E-state index in [1.54, 1.807) is 6.07 Å². The number of aliphatic hydroxyl groups is 1. The zero-order valence-corrected chi connectivity index (χ0v) is 11.0. The van der Waals surface area contributed by atoms with Crippen molar-refractivity contribution in [1.82, 2.24) is 0 Å². The molecule has 1 rings (SSSR count). The first-order chi connectivity index (χ1) is 8.47. The SMILES string of the molecule is COc1cc(NC(=O)C=C(C)O)c(OC)cc1Cl. The van der Waals surface area contributed by atoms with Crippen LogP contribution in [-0.2, 0) is 4.79 Å². The van der Waals surface area contributed by atoms with Gasteiger partial charge in [0.05, 0.1) is 30.7 Å². The number of carbonyl (C=O) groups is 1. The first-order valence-electron chi connectivity index (χ1n) is 5.07. The number of rotatable bonds is 4. The Balaban J connectivity index is 3.07. The van der Waals surface area contributed by atoms with E-state index in [0.29, 0.717) is 22.2 Å². The second kappa shape index (κ2) is 6.16. The summed E-state index contributed by atoms with van der Waals surface area (Å²) < 4.78 is 10.1. The number of aliphatic hydroxyl groups excluding tert-OH is 1. The van der Waals surface area contributed by atoms with E-state index in [1.807, 2.05) is 0 Å². The Morgan fingerprint density at radius 3 is 2.44 bits per heavy atom. The van der Waals surface area contributed by atoms with Crippen molar-refractivity contribution in [1.29, 1.82) is 0 Å². The molecule has 5 nitrogen and oxygen atoms in total. The quantitative estimate of drug-likeness (QED) is 0.653. The summed E-state index contributed by atoms with van der Waals surface area (Å²) in [4.78, 5) is 11.5. The van der Waals surface area contributed by atoms with Crippen LogP contribution in [0.4, 0.5) is 5.69 Å². The molecular formula is C12H14ClNO4. The maximum Gasteiger partial charge on any atom is 0.251 e. The molecule has 0 saturated heterocycles. The van der Waals surface area contributed by atoms with Crippen LogP contribution in [0.2, 0.25) is 5.02 Å². The number of benzene rings is 1. The molecule has 0 atom stereocenters. The van der Waals surface area contributed by atoms with Crippen molar-refractivity contribution in [2.75, 3.05) is 19.5 Å². The Hall–Kier alpha value is -1.88. The highest BCUT2D eigenvalue weighted by Crippen LogP contribution is 2.35. The van der Waals surface area contributed by atoms with Crippen LogP contribution >= 0.6 is 11.6 Å². The summed E-state index contributed by atoms with van der Waals surface area (Å²) in [5, 5.41) is 11.9. The third kappa shape index (κ3) is 3.56. The third-order valence-corrected chi connectivity index (χ3v) is 2.37. The predicted molar refractivity (Wildman–Crippen MR) is 69.6 cm³/mol.